The third-order valence-electron chi connectivity index (χ3n) is 3.90. The number of rotatable bonds is 7. The molecular weight excluding hydrogens is 393 g/mol. The monoisotopic (exact) mass is 409 g/mol. The lowest BCUT2D eigenvalue weighted by Crippen LogP contribution is -2.08. The molecule has 3 aromatic rings. The van der Waals surface area contributed by atoms with Crippen molar-refractivity contribution < 1.29 is 9.47 Å². The molecule has 5 heteroatoms. The van der Waals surface area contributed by atoms with Gasteiger partial charge in [0, 0.05) is 10.6 Å². The second kappa shape index (κ2) is 9.85. The van der Waals surface area contributed by atoms with E-state index in [0.717, 1.165) is 17.1 Å². The van der Waals surface area contributed by atoms with Gasteiger partial charge in [-0.05, 0) is 48.0 Å². The summed E-state index contributed by atoms with van der Waals surface area (Å²) in [6.45, 7) is 0.896. The summed E-state index contributed by atoms with van der Waals surface area (Å²) in [5.41, 5.74) is 1.98. The molecule has 0 aliphatic heterocycles. The van der Waals surface area contributed by atoms with E-state index < -0.39 is 0 Å². The van der Waals surface area contributed by atoms with Crippen LogP contribution in [-0.2, 0) is 0 Å². The van der Waals surface area contributed by atoms with E-state index in [1.54, 1.807) is 24.3 Å². The minimum Gasteiger partial charge on any atom is -0.490 e. The first kappa shape index (κ1) is 19.8. The molecule has 3 aromatic carbocycles. The zero-order valence-electron chi connectivity index (χ0n) is 14.9. The van der Waals surface area contributed by atoms with Gasteiger partial charge in [-0.25, -0.2) is 0 Å². The molecule has 0 spiro atoms. The van der Waals surface area contributed by atoms with Gasteiger partial charge in [-0.15, -0.1) is 0 Å². The standard InChI is InChI=1S/C23H17Cl2NO2/c24-19-8-11-22(23(25)15-19)18(16-26)14-17-6-9-21(10-7-17)28-13-12-27-20-4-2-1-3-5-20/h1-11,14-15H,12-13H2/b18-14-. The number of benzene rings is 3. The predicted octanol–water partition coefficient (Wildman–Crippen LogP) is 6.52. The van der Waals surface area contributed by atoms with Crippen LogP contribution in [0.2, 0.25) is 10.0 Å². The van der Waals surface area contributed by atoms with Gasteiger partial charge in [0.05, 0.1) is 16.7 Å². The van der Waals surface area contributed by atoms with Crippen LogP contribution in [0.25, 0.3) is 11.6 Å². The topological polar surface area (TPSA) is 42.2 Å². The predicted molar refractivity (Wildman–Crippen MR) is 114 cm³/mol. The lowest BCUT2D eigenvalue weighted by atomic mass is 10.0. The van der Waals surface area contributed by atoms with E-state index in [2.05, 4.69) is 6.07 Å². The molecule has 0 saturated carbocycles. The zero-order chi connectivity index (χ0) is 19.8. The average molecular weight is 410 g/mol. The van der Waals surface area contributed by atoms with Crippen LogP contribution in [0.3, 0.4) is 0 Å². The Bertz CT molecular complexity index is 993. The Kier molecular flexibility index (Phi) is 6.97. The van der Waals surface area contributed by atoms with Crippen LogP contribution in [0.5, 0.6) is 11.5 Å². The number of ether oxygens (including phenoxy) is 2. The molecule has 3 rings (SSSR count). The van der Waals surface area contributed by atoms with Crippen molar-refractivity contribution in [3.63, 3.8) is 0 Å². The second-order valence-corrected chi connectivity index (χ2v) is 6.72. The van der Waals surface area contributed by atoms with E-state index in [0.29, 0.717) is 34.4 Å². The van der Waals surface area contributed by atoms with Gasteiger partial charge in [0.2, 0.25) is 0 Å². The zero-order valence-corrected chi connectivity index (χ0v) is 16.5. The van der Waals surface area contributed by atoms with Crippen LogP contribution >= 0.6 is 23.2 Å². The smallest absolute Gasteiger partial charge is 0.122 e. The number of nitrogens with zero attached hydrogens (tertiary/aromatic N) is 1. The van der Waals surface area contributed by atoms with E-state index in [1.165, 1.54) is 0 Å². The van der Waals surface area contributed by atoms with Crippen molar-refractivity contribution in [3.8, 4) is 17.6 Å². The summed E-state index contributed by atoms with van der Waals surface area (Å²) >= 11 is 12.1. The summed E-state index contributed by atoms with van der Waals surface area (Å²) in [4.78, 5) is 0. The molecule has 0 saturated heterocycles. The highest BCUT2D eigenvalue weighted by atomic mass is 35.5. The summed E-state index contributed by atoms with van der Waals surface area (Å²) < 4.78 is 11.3. The van der Waals surface area contributed by atoms with Crippen molar-refractivity contribution in [2.45, 2.75) is 0 Å². The minimum atomic E-state index is 0.438. The van der Waals surface area contributed by atoms with Gasteiger partial charge in [0.25, 0.3) is 0 Å². The van der Waals surface area contributed by atoms with E-state index >= 15 is 0 Å². The molecular formula is C23H17Cl2NO2. The van der Waals surface area contributed by atoms with Gasteiger partial charge < -0.3 is 9.47 Å². The van der Waals surface area contributed by atoms with Crippen LogP contribution in [-0.4, -0.2) is 13.2 Å². The summed E-state index contributed by atoms with van der Waals surface area (Å²) in [5.74, 6) is 1.55. The molecule has 0 bridgehead atoms. The molecule has 28 heavy (non-hydrogen) atoms. The number of allylic oxidation sites excluding steroid dienone is 1. The maximum absolute atomic E-state index is 9.48. The first-order valence-corrected chi connectivity index (χ1v) is 9.39. The van der Waals surface area contributed by atoms with Crippen LogP contribution in [0, 0.1) is 11.3 Å². The first-order chi connectivity index (χ1) is 13.7. The molecule has 0 radical (unpaired) electrons. The average Bonchev–Trinajstić information content (AvgIpc) is 2.72. The van der Waals surface area contributed by atoms with Gasteiger partial charge in [-0.1, -0.05) is 59.6 Å². The van der Waals surface area contributed by atoms with Crippen molar-refractivity contribution in [3.05, 3.63) is 94.0 Å². The van der Waals surface area contributed by atoms with Crippen LogP contribution in [0.1, 0.15) is 11.1 Å². The lowest BCUT2D eigenvalue weighted by molar-refractivity contribution is 0.217. The number of halogens is 2. The SMILES string of the molecule is N#C/C(=C/c1ccc(OCCOc2ccccc2)cc1)c1ccc(Cl)cc1Cl. The van der Waals surface area contributed by atoms with E-state index in [9.17, 15) is 5.26 Å². The second-order valence-electron chi connectivity index (χ2n) is 5.87. The normalized spacial score (nSPS) is 11.0. The Morgan fingerprint density at radius 3 is 2.11 bits per heavy atom. The molecule has 0 N–H and O–H groups in total. The Labute approximate surface area is 174 Å². The number of hydrogen-bond acceptors (Lipinski definition) is 3. The quantitative estimate of drug-likeness (QED) is 0.253. The highest BCUT2D eigenvalue weighted by Gasteiger charge is 2.07. The fourth-order valence-electron chi connectivity index (χ4n) is 2.54. The Hall–Kier alpha value is -2.93. The molecule has 3 nitrogen and oxygen atoms in total. The third-order valence-corrected chi connectivity index (χ3v) is 4.44. The number of hydrogen-bond donors (Lipinski definition) is 0. The van der Waals surface area contributed by atoms with Gasteiger partial charge in [0.1, 0.15) is 24.7 Å². The first-order valence-electron chi connectivity index (χ1n) is 8.63. The van der Waals surface area contributed by atoms with Gasteiger partial charge >= 0.3 is 0 Å². The fraction of sp³-hybridized carbons (Fsp3) is 0.0870. The van der Waals surface area contributed by atoms with Crippen LogP contribution in [0.4, 0.5) is 0 Å². The molecule has 0 heterocycles. The highest BCUT2D eigenvalue weighted by molar-refractivity contribution is 6.36. The van der Waals surface area contributed by atoms with Gasteiger partial charge in [-0.3, -0.25) is 0 Å². The fourth-order valence-corrected chi connectivity index (χ4v) is 3.05. The third kappa shape index (κ3) is 5.53. The molecule has 140 valence electrons. The van der Waals surface area contributed by atoms with Crippen molar-refractivity contribution in [1.82, 2.24) is 0 Å². The van der Waals surface area contributed by atoms with Crippen molar-refractivity contribution in [1.29, 1.82) is 5.26 Å². The molecule has 0 amide bonds. The maximum atomic E-state index is 9.48. The van der Waals surface area contributed by atoms with E-state index in [1.807, 2.05) is 54.6 Å². The lowest BCUT2D eigenvalue weighted by Gasteiger charge is -2.08. The maximum Gasteiger partial charge on any atom is 0.122 e. The molecule has 0 unspecified atom stereocenters. The van der Waals surface area contributed by atoms with Crippen molar-refractivity contribution in [2.75, 3.05) is 13.2 Å². The molecule has 0 aliphatic carbocycles. The van der Waals surface area contributed by atoms with E-state index in [-0.39, 0.29) is 0 Å². The number of nitriles is 1. The number of para-hydroxylation sites is 1. The van der Waals surface area contributed by atoms with Crippen molar-refractivity contribution in [2.24, 2.45) is 0 Å². The molecule has 0 aliphatic rings. The Morgan fingerprint density at radius 2 is 1.50 bits per heavy atom. The minimum absolute atomic E-state index is 0.438. The van der Waals surface area contributed by atoms with Crippen LogP contribution < -0.4 is 9.47 Å². The highest BCUT2D eigenvalue weighted by Crippen LogP contribution is 2.28. The van der Waals surface area contributed by atoms with Gasteiger partial charge in [-0.2, -0.15) is 5.26 Å². The van der Waals surface area contributed by atoms with Gasteiger partial charge in [0.15, 0.2) is 0 Å². The van der Waals surface area contributed by atoms with Crippen LogP contribution in [0.15, 0.2) is 72.8 Å². The summed E-state index contributed by atoms with van der Waals surface area (Å²) in [7, 11) is 0. The summed E-state index contributed by atoms with van der Waals surface area (Å²) in [6, 6.07) is 24.3. The molecule has 0 fully saturated rings. The van der Waals surface area contributed by atoms with Crippen molar-refractivity contribution >= 4 is 34.9 Å². The summed E-state index contributed by atoms with van der Waals surface area (Å²) in [6.07, 6.45) is 1.78. The Morgan fingerprint density at radius 1 is 0.857 bits per heavy atom. The Balaban J connectivity index is 1.60. The summed E-state index contributed by atoms with van der Waals surface area (Å²) in [5, 5.41) is 10.5. The molecule has 0 aromatic heterocycles. The largest absolute Gasteiger partial charge is 0.490 e. The molecule has 0 atom stereocenters. The van der Waals surface area contributed by atoms with E-state index in [4.69, 9.17) is 32.7 Å².